The molecular formula is C33H44N4O5S2. The topological polar surface area (TPSA) is 118 Å². The smallest absolute Gasteiger partial charge is 0.305 e. The molecule has 0 aliphatic carbocycles. The molecule has 5 rings (SSSR count). The second kappa shape index (κ2) is 14.1. The van der Waals surface area contributed by atoms with Crippen LogP contribution in [-0.2, 0) is 11.3 Å². The number of aliphatic hydroxyl groups excluding tert-OH is 1. The quantitative estimate of drug-likeness (QED) is 0.162. The van der Waals surface area contributed by atoms with Crippen molar-refractivity contribution in [2.75, 3.05) is 45.9 Å². The number of nitrogens with one attached hydrogen (secondary N) is 2. The molecule has 44 heavy (non-hydrogen) atoms. The number of phenolic OH excluding ortho intramolecular Hbond substituents is 1. The number of amides is 1. The van der Waals surface area contributed by atoms with Crippen LogP contribution in [0.3, 0.4) is 0 Å². The number of fused-ring (bicyclic) bond motifs is 1. The van der Waals surface area contributed by atoms with Gasteiger partial charge in [-0.3, -0.25) is 14.5 Å². The van der Waals surface area contributed by atoms with Gasteiger partial charge in [0, 0.05) is 43.9 Å². The van der Waals surface area contributed by atoms with Crippen molar-refractivity contribution >= 4 is 40.1 Å². The average molecular weight is 641 g/mol. The van der Waals surface area contributed by atoms with E-state index in [4.69, 9.17) is 4.74 Å². The number of benzene rings is 2. The average Bonchev–Trinajstić information content (AvgIpc) is 3.42. The number of aliphatic hydroxyl groups is 1. The molecule has 1 aromatic heterocycles. The molecule has 11 heteroatoms. The highest BCUT2D eigenvalue weighted by Crippen LogP contribution is 2.40. The molecule has 0 radical (unpaired) electrons. The SMILES string of the molecule is C/C(=C\S)C(=O)N1CCCC2(CCN(CCOc3cc(C)c(CNC[C@H](O)c4ccc(O)c5[nH]c(=O)sc45)cc3C)CC2)C1. The van der Waals surface area contributed by atoms with Crippen LogP contribution in [0.2, 0.25) is 0 Å². The Morgan fingerprint density at radius 2 is 1.98 bits per heavy atom. The molecule has 3 heterocycles. The molecule has 2 aliphatic rings. The molecule has 1 spiro atoms. The fourth-order valence-corrected chi connectivity index (χ4v) is 7.61. The van der Waals surface area contributed by atoms with Crippen molar-refractivity contribution < 1.29 is 19.7 Å². The Bertz CT molecular complexity index is 1570. The maximum atomic E-state index is 12.7. The van der Waals surface area contributed by atoms with Crippen LogP contribution >= 0.6 is 24.0 Å². The van der Waals surface area contributed by atoms with E-state index in [9.17, 15) is 19.8 Å². The minimum Gasteiger partial charge on any atom is -0.506 e. The van der Waals surface area contributed by atoms with E-state index in [1.165, 1.54) is 12.5 Å². The van der Waals surface area contributed by atoms with Gasteiger partial charge in [0.25, 0.3) is 0 Å². The number of aryl methyl sites for hydroxylation is 2. The number of aromatic amines is 1. The molecule has 2 fully saturated rings. The van der Waals surface area contributed by atoms with E-state index in [1.807, 2.05) is 11.8 Å². The van der Waals surface area contributed by atoms with Crippen LogP contribution < -0.4 is 14.9 Å². The number of likely N-dealkylation sites (tertiary alicyclic amines) is 2. The van der Waals surface area contributed by atoms with Crippen molar-refractivity contribution in [2.24, 2.45) is 5.41 Å². The number of thiazole rings is 1. The number of piperidine rings is 2. The first-order valence-corrected chi connectivity index (χ1v) is 16.7. The van der Waals surface area contributed by atoms with Gasteiger partial charge in [0.05, 0.1) is 10.8 Å². The Labute approximate surface area is 268 Å². The van der Waals surface area contributed by atoms with E-state index in [2.05, 4.69) is 53.8 Å². The van der Waals surface area contributed by atoms with Crippen LogP contribution in [0, 0.1) is 19.3 Å². The van der Waals surface area contributed by atoms with Gasteiger partial charge in [0.15, 0.2) is 0 Å². The Kier molecular flexibility index (Phi) is 10.4. The molecule has 0 unspecified atom stereocenters. The summed E-state index contributed by atoms with van der Waals surface area (Å²) >= 11 is 5.16. The summed E-state index contributed by atoms with van der Waals surface area (Å²) in [6.07, 6.45) is 3.66. The fourth-order valence-electron chi connectivity index (χ4n) is 6.58. The van der Waals surface area contributed by atoms with Gasteiger partial charge in [-0.2, -0.15) is 12.6 Å². The zero-order chi connectivity index (χ0) is 31.4. The third kappa shape index (κ3) is 7.34. The van der Waals surface area contributed by atoms with Crippen molar-refractivity contribution in [3.8, 4) is 11.5 Å². The van der Waals surface area contributed by atoms with Crippen molar-refractivity contribution in [3.05, 3.63) is 67.2 Å². The van der Waals surface area contributed by atoms with E-state index in [1.54, 1.807) is 11.5 Å². The van der Waals surface area contributed by atoms with Crippen LogP contribution in [0.4, 0.5) is 0 Å². The van der Waals surface area contributed by atoms with Crippen molar-refractivity contribution in [1.82, 2.24) is 20.1 Å². The molecule has 2 saturated heterocycles. The number of carbonyl (C=O) groups is 1. The van der Waals surface area contributed by atoms with Crippen molar-refractivity contribution in [1.29, 1.82) is 0 Å². The van der Waals surface area contributed by atoms with Gasteiger partial charge in [-0.25, -0.2) is 0 Å². The molecule has 4 N–H and O–H groups in total. The van der Waals surface area contributed by atoms with E-state index < -0.39 is 6.10 Å². The summed E-state index contributed by atoms with van der Waals surface area (Å²) in [6.45, 7) is 12.1. The van der Waals surface area contributed by atoms with Crippen molar-refractivity contribution in [2.45, 2.75) is 59.1 Å². The van der Waals surface area contributed by atoms with Gasteiger partial charge in [-0.1, -0.05) is 23.5 Å². The first-order valence-electron chi connectivity index (χ1n) is 15.4. The number of hydrogen-bond donors (Lipinski definition) is 5. The molecule has 0 bridgehead atoms. The summed E-state index contributed by atoms with van der Waals surface area (Å²) in [6, 6.07) is 7.37. The zero-order valence-corrected chi connectivity index (χ0v) is 27.5. The van der Waals surface area contributed by atoms with Gasteiger partial charge in [-0.05, 0) is 99.2 Å². The standard InChI is InChI=1S/C33H44N4O5S2/c1-21-16-28(42-14-13-36-11-8-33(9-12-36)7-4-10-37(20-33)31(40)23(3)19-43)22(2)15-24(21)17-34-18-27(39)25-5-6-26(38)29-30(25)44-32(41)35-29/h5-6,15-16,19,27,34,38-39,43H,4,7-14,17-18,20H2,1-3H3,(H,35,41)/b23-19+/t27-/m0/s1. The normalized spacial score (nSPS) is 18.2. The van der Waals surface area contributed by atoms with E-state index in [0.717, 1.165) is 85.8 Å². The van der Waals surface area contributed by atoms with Crippen LogP contribution in [0.1, 0.15) is 61.0 Å². The van der Waals surface area contributed by atoms with E-state index >= 15 is 0 Å². The number of carbonyl (C=O) groups excluding carboxylic acids is 1. The maximum Gasteiger partial charge on any atom is 0.305 e. The molecule has 1 atom stereocenters. The lowest BCUT2D eigenvalue weighted by Crippen LogP contribution is -2.51. The fraction of sp³-hybridized carbons (Fsp3) is 0.515. The number of ether oxygens (including phenoxy) is 1. The zero-order valence-electron chi connectivity index (χ0n) is 25.8. The van der Waals surface area contributed by atoms with Gasteiger partial charge >= 0.3 is 4.87 Å². The molecule has 2 aromatic carbocycles. The van der Waals surface area contributed by atoms with Crippen LogP contribution in [0.5, 0.6) is 11.5 Å². The summed E-state index contributed by atoms with van der Waals surface area (Å²) in [5.41, 5.74) is 5.23. The number of hydrogen-bond acceptors (Lipinski definition) is 9. The highest BCUT2D eigenvalue weighted by atomic mass is 32.1. The Morgan fingerprint density at radius 1 is 1.20 bits per heavy atom. The maximum absolute atomic E-state index is 12.7. The molecule has 9 nitrogen and oxygen atoms in total. The second-order valence-corrected chi connectivity index (χ2v) is 13.7. The molecule has 1 amide bonds. The highest BCUT2D eigenvalue weighted by molar-refractivity contribution is 7.83. The second-order valence-electron chi connectivity index (χ2n) is 12.4. The first kappa shape index (κ1) is 32.6. The van der Waals surface area contributed by atoms with Crippen LogP contribution in [0.25, 0.3) is 10.2 Å². The predicted octanol–water partition coefficient (Wildman–Crippen LogP) is 4.65. The number of phenols is 1. The van der Waals surface area contributed by atoms with Crippen LogP contribution in [-0.4, -0.2) is 76.8 Å². The summed E-state index contributed by atoms with van der Waals surface area (Å²) in [4.78, 5) is 31.4. The third-order valence-corrected chi connectivity index (χ3v) is 10.6. The minimum atomic E-state index is -0.822. The van der Waals surface area contributed by atoms with Gasteiger partial charge < -0.3 is 30.2 Å². The number of H-pyrrole nitrogens is 1. The molecule has 0 saturated carbocycles. The van der Waals surface area contributed by atoms with Crippen molar-refractivity contribution in [3.63, 3.8) is 0 Å². The van der Waals surface area contributed by atoms with Gasteiger partial charge in [-0.15, -0.1) is 0 Å². The number of nitrogens with zero attached hydrogens (tertiary/aromatic N) is 2. The van der Waals surface area contributed by atoms with E-state index in [-0.39, 0.29) is 21.9 Å². The minimum absolute atomic E-state index is 0.00150. The summed E-state index contributed by atoms with van der Waals surface area (Å²) in [7, 11) is 0. The summed E-state index contributed by atoms with van der Waals surface area (Å²) < 4.78 is 6.81. The number of aromatic nitrogens is 1. The Morgan fingerprint density at radius 3 is 2.73 bits per heavy atom. The summed E-state index contributed by atoms with van der Waals surface area (Å²) in [5.74, 6) is 1.01. The molecule has 3 aromatic rings. The first-order chi connectivity index (χ1) is 21.1. The molecule has 2 aliphatic heterocycles. The number of thiol groups is 1. The van der Waals surface area contributed by atoms with Gasteiger partial charge in [0.1, 0.15) is 23.6 Å². The van der Waals surface area contributed by atoms with Gasteiger partial charge in [0.2, 0.25) is 5.91 Å². The lowest BCUT2D eigenvalue weighted by Gasteiger charge is -2.47. The lowest BCUT2D eigenvalue weighted by molar-refractivity contribution is -0.131. The number of rotatable bonds is 10. The largest absolute Gasteiger partial charge is 0.506 e. The third-order valence-electron chi connectivity index (χ3n) is 9.30. The molecule has 238 valence electrons. The lowest BCUT2D eigenvalue weighted by atomic mass is 9.72. The highest BCUT2D eigenvalue weighted by Gasteiger charge is 2.39. The summed E-state index contributed by atoms with van der Waals surface area (Å²) in [5, 5.41) is 25.8. The Hall–Kier alpha value is -2.83. The van der Waals surface area contributed by atoms with Crippen LogP contribution in [0.15, 0.2) is 40.0 Å². The number of aromatic hydroxyl groups is 1. The Balaban J connectivity index is 1.08. The monoisotopic (exact) mass is 640 g/mol. The van der Waals surface area contributed by atoms with E-state index in [0.29, 0.717) is 41.0 Å². The predicted molar refractivity (Wildman–Crippen MR) is 179 cm³/mol. The molecular weight excluding hydrogens is 597 g/mol.